The van der Waals surface area contributed by atoms with Gasteiger partial charge in [0, 0.05) is 63.7 Å². The molecule has 414 valence electrons. The third-order valence-corrected chi connectivity index (χ3v) is 16.0. The molecular weight excluding hydrogens is 859 g/mol. The van der Waals surface area contributed by atoms with Gasteiger partial charge in [0.1, 0.15) is 0 Å². The number of unbranched alkanes of at least 4 members (excludes halogenated alkanes) is 36. The van der Waals surface area contributed by atoms with Crippen LogP contribution >= 0.6 is 0 Å². The van der Waals surface area contributed by atoms with Crippen molar-refractivity contribution in [3.05, 3.63) is 12.3 Å². The van der Waals surface area contributed by atoms with Crippen molar-refractivity contribution >= 4 is 11.8 Å². The summed E-state index contributed by atoms with van der Waals surface area (Å²) >= 11 is 0. The summed E-state index contributed by atoms with van der Waals surface area (Å²) in [4.78, 5) is 34.1. The van der Waals surface area contributed by atoms with E-state index in [1.165, 1.54) is 218 Å². The van der Waals surface area contributed by atoms with E-state index in [-0.39, 0.29) is 12.0 Å². The van der Waals surface area contributed by atoms with E-state index >= 15 is 0 Å². The van der Waals surface area contributed by atoms with Crippen LogP contribution in [0, 0.1) is 5.92 Å². The fourth-order valence-corrected chi connectivity index (χ4v) is 11.1. The first-order chi connectivity index (χ1) is 34.4. The molecule has 0 heterocycles. The highest BCUT2D eigenvalue weighted by molar-refractivity contribution is 5.76. The Morgan fingerprint density at radius 2 is 0.571 bits per heavy atom. The largest absolute Gasteiger partial charge is 0.392 e. The first-order valence-corrected chi connectivity index (χ1v) is 32.1. The second-order valence-corrected chi connectivity index (χ2v) is 22.6. The van der Waals surface area contributed by atoms with Crippen molar-refractivity contribution in [2.45, 2.75) is 342 Å². The molecule has 0 aliphatic heterocycles. The van der Waals surface area contributed by atoms with Gasteiger partial charge in [0.15, 0.2) is 0 Å². The van der Waals surface area contributed by atoms with Crippen LogP contribution in [-0.4, -0.2) is 77.0 Å². The average Bonchev–Trinajstić information content (AvgIpc) is 3.36. The Bertz CT molecular complexity index is 1030. The molecule has 0 spiro atoms. The summed E-state index contributed by atoms with van der Waals surface area (Å²) in [6.07, 6.45) is 58.8. The molecule has 1 N–H and O–H groups in total. The van der Waals surface area contributed by atoms with E-state index in [1.54, 1.807) is 0 Å². The summed E-state index contributed by atoms with van der Waals surface area (Å²) in [5.74, 6) is 0.997. The van der Waals surface area contributed by atoms with Crippen molar-refractivity contribution < 1.29 is 14.7 Å². The van der Waals surface area contributed by atoms with Crippen LogP contribution in [0.5, 0.6) is 0 Å². The average molecular weight is 985 g/mol. The lowest BCUT2D eigenvalue weighted by Crippen LogP contribution is -2.35. The molecule has 0 aromatic rings. The van der Waals surface area contributed by atoms with Gasteiger partial charge in [-0.15, -0.1) is 0 Å². The van der Waals surface area contributed by atoms with E-state index in [0.717, 1.165) is 123 Å². The molecule has 0 unspecified atom stereocenters. The van der Waals surface area contributed by atoms with E-state index in [0.29, 0.717) is 24.7 Å². The van der Waals surface area contributed by atoms with Gasteiger partial charge in [-0.3, -0.25) is 9.59 Å². The summed E-state index contributed by atoms with van der Waals surface area (Å²) < 4.78 is 0. The lowest BCUT2D eigenvalue weighted by atomic mass is 9.84. The monoisotopic (exact) mass is 984 g/mol. The molecule has 1 saturated carbocycles. The van der Waals surface area contributed by atoms with Crippen LogP contribution in [0.3, 0.4) is 0 Å². The predicted octanol–water partition coefficient (Wildman–Crippen LogP) is 19.3. The number of carbonyl (C=O) groups excluding carboxylic acids is 2. The molecule has 6 nitrogen and oxygen atoms in total. The first kappa shape index (κ1) is 66.5. The van der Waals surface area contributed by atoms with Crippen LogP contribution in [0.25, 0.3) is 0 Å². The zero-order chi connectivity index (χ0) is 50.8. The molecule has 0 saturated heterocycles. The highest BCUT2D eigenvalue weighted by Crippen LogP contribution is 2.32. The number of aliphatic hydroxyl groups is 1. The molecule has 0 aromatic carbocycles. The van der Waals surface area contributed by atoms with Crippen molar-refractivity contribution in [2.24, 2.45) is 5.92 Å². The maximum absolute atomic E-state index is 13.5. The zero-order valence-corrected chi connectivity index (χ0v) is 48.2. The highest BCUT2D eigenvalue weighted by Gasteiger charge is 2.28. The Labute approximate surface area is 438 Å². The quantitative estimate of drug-likeness (QED) is 0.0617. The number of nitrogens with zero attached hydrogens (tertiary/aromatic N) is 3. The summed E-state index contributed by atoms with van der Waals surface area (Å²) in [5.41, 5.74) is 1.17. The molecule has 1 rings (SSSR count). The summed E-state index contributed by atoms with van der Waals surface area (Å²) in [6, 6.07) is 0. The molecule has 70 heavy (non-hydrogen) atoms. The summed E-state index contributed by atoms with van der Waals surface area (Å²) in [7, 11) is 0. The topological polar surface area (TPSA) is 64.1 Å². The van der Waals surface area contributed by atoms with Gasteiger partial charge >= 0.3 is 0 Å². The molecule has 1 aliphatic carbocycles. The molecular formula is C64H125N3O3. The van der Waals surface area contributed by atoms with Crippen molar-refractivity contribution in [1.29, 1.82) is 0 Å². The number of carbonyl (C=O) groups is 2. The third-order valence-electron chi connectivity index (χ3n) is 16.0. The zero-order valence-electron chi connectivity index (χ0n) is 48.2. The lowest BCUT2D eigenvalue weighted by Gasteiger charge is -2.36. The van der Waals surface area contributed by atoms with Crippen LogP contribution in [0.4, 0.5) is 0 Å². The molecule has 1 aliphatic rings. The molecule has 1 fully saturated rings. The Kier molecular flexibility index (Phi) is 48.4. The number of aliphatic hydroxyl groups excluding tert-OH is 1. The summed E-state index contributed by atoms with van der Waals surface area (Å²) in [5, 5.41) is 11.0. The molecule has 0 aromatic heterocycles. The van der Waals surface area contributed by atoms with Crippen LogP contribution in [0.1, 0.15) is 336 Å². The van der Waals surface area contributed by atoms with Gasteiger partial charge in [-0.25, -0.2) is 0 Å². The van der Waals surface area contributed by atoms with E-state index in [2.05, 4.69) is 49.0 Å². The van der Waals surface area contributed by atoms with Crippen molar-refractivity contribution in [1.82, 2.24) is 14.7 Å². The normalized spacial score (nSPS) is 14.9. The maximum Gasteiger partial charge on any atom is 0.222 e. The maximum atomic E-state index is 13.5. The van der Waals surface area contributed by atoms with Crippen LogP contribution < -0.4 is 0 Å². The molecule has 2 amide bonds. The molecule has 6 heteroatoms. The Hall–Kier alpha value is -1.56. The van der Waals surface area contributed by atoms with E-state index in [1.807, 2.05) is 0 Å². The smallest absolute Gasteiger partial charge is 0.222 e. The molecule has 0 bridgehead atoms. The van der Waals surface area contributed by atoms with E-state index in [4.69, 9.17) is 0 Å². The molecule has 0 radical (unpaired) electrons. The van der Waals surface area contributed by atoms with Gasteiger partial charge in [0.05, 0.1) is 6.10 Å². The minimum absolute atomic E-state index is 0.199. The van der Waals surface area contributed by atoms with Crippen LogP contribution in [0.15, 0.2) is 12.3 Å². The second-order valence-electron chi connectivity index (χ2n) is 22.6. The SMILES string of the molecule is C=C([C@@H]1CCCC[C@@H]1O)N(CCCCCCCC(=O)N(CCCCCCCCCC)CCCCCCCCCC)CCCCCCCC(=O)N(CCCCCCCCCC)CCCCCCCCCC. The Balaban J connectivity index is 2.53. The predicted molar refractivity (Wildman–Crippen MR) is 308 cm³/mol. The number of rotatable bonds is 54. The van der Waals surface area contributed by atoms with Crippen molar-refractivity contribution in [2.75, 3.05) is 39.3 Å². The van der Waals surface area contributed by atoms with E-state index in [9.17, 15) is 14.7 Å². The third kappa shape index (κ3) is 39.0. The van der Waals surface area contributed by atoms with Gasteiger partial charge in [0.25, 0.3) is 0 Å². The lowest BCUT2D eigenvalue weighted by molar-refractivity contribution is -0.132. The van der Waals surface area contributed by atoms with Crippen LogP contribution in [0.2, 0.25) is 0 Å². The van der Waals surface area contributed by atoms with Gasteiger partial charge in [-0.1, -0.05) is 265 Å². The van der Waals surface area contributed by atoms with E-state index < -0.39 is 0 Å². The van der Waals surface area contributed by atoms with Crippen molar-refractivity contribution in [3.63, 3.8) is 0 Å². The van der Waals surface area contributed by atoms with Crippen molar-refractivity contribution in [3.8, 4) is 0 Å². The Morgan fingerprint density at radius 1 is 0.343 bits per heavy atom. The van der Waals surface area contributed by atoms with Gasteiger partial charge in [-0.2, -0.15) is 0 Å². The minimum Gasteiger partial charge on any atom is -0.392 e. The van der Waals surface area contributed by atoms with Crippen LogP contribution in [-0.2, 0) is 9.59 Å². The van der Waals surface area contributed by atoms with Gasteiger partial charge in [0.2, 0.25) is 11.8 Å². The molecule has 2 atom stereocenters. The van der Waals surface area contributed by atoms with Gasteiger partial charge < -0.3 is 19.8 Å². The fourth-order valence-electron chi connectivity index (χ4n) is 11.1. The number of hydrogen-bond acceptors (Lipinski definition) is 4. The number of hydrogen-bond donors (Lipinski definition) is 1. The minimum atomic E-state index is -0.254. The first-order valence-electron chi connectivity index (χ1n) is 32.1. The van der Waals surface area contributed by atoms with Gasteiger partial charge in [-0.05, 0) is 64.2 Å². The second kappa shape index (κ2) is 50.9. The Morgan fingerprint density at radius 3 is 0.843 bits per heavy atom. The number of amides is 2. The fraction of sp³-hybridized carbons (Fsp3) is 0.938. The summed E-state index contributed by atoms with van der Waals surface area (Å²) in [6.45, 7) is 19.6. The standard InChI is InChI=1S/C64H125N3O3/c1-6-10-14-18-22-26-34-46-56-66(57-47-35-27-23-19-15-11-7-2)63(69)52-40-32-30-38-44-54-65(60(5)61-50-42-43-51-62(61)68)55-45-39-31-33-41-53-64(70)67(58-48-36-28-24-20-16-12-8-3)59-49-37-29-25-21-17-13-9-4/h61-62,68H,5-59H2,1-4H3/t61-,62-/m0/s1. The highest BCUT2D eigenvalue weighted by atomic mass is 16.3.